The van der Waals surface area contributed by atoms with Crippen molar-refractivity contribution >= 4 is 28.5 Å². The third kappa shape index (κ3) is 3.16. The highest BCUT2D eigenvalue weighted by Gasteiger charge is 2.15. The van der Waals surface area contributed by atoms with Crippen LogP contribution in [-0.2, 0) is 6.54 Å². The number of hydrogen-bond donors (Lipinski definition) is 1. The summed E-state index contributed by atoms with van der Waals surface area (Å²) >= 11 is 5.99. The van der Waals surface area contributed by atoms with Gasteiger partial charge in [-0.3, -0.25) is 4.79 Å². The second kappa shape index (κ2) is 6.84. The monoisotopic (exact) mass is 345 g/mol. The summed E-state index contributed by atoms with van der Waals surface area (Å²) in [6.45, 7) is 0.275. The Morgan fingerprint density at radius 1 is 1.12 bits per heavy atom. The molecule has 0 aliphatic carbocycles. The number of amides is 1. The van der Waals surface area contributed by atoms with Gasteiger partial charge in [-0.15, -0.1) is 0 Å². The van der Waals surface area contributed by atoms with E-state index in [2.05, 4.69) is 5.32 Å². The van der Waals surface area contributed by atoms with Gasteiger partial charge in [-0.25, -0.2) is 0 Å². The van der Waals surface area contributed by atoms with Gasteiger partial charge in [0.2, 0.25) is 0 Å². The van der Waals surface area contributed by atoms with Crippen LogP contribution in [0.2, 0.25) is 5.02 Å². The normalized spacial score (nSPS) is 10.6. The first-order valence-electron chi connectivity index (χ1n) is 7.29. The number of para-hydroxylation sites is 1. The van der Waals surface area contributed by atoms with Crippen LogP contribution in [0.25, 0.3) is 11.0 Å². The molecule has 1 aromatic heterocycles. The highest BCUT2D eigenvalue weighted by Crippen LogP contribution is 2.28. The maximum atomic E-state index is 12.4. The molecule has 0 radical (unpaired) electrons. The maximum absolute atomic E-state index is 12.4. The Hall–Kier alpha value is -2.66. The van der Waals surface area contributed by atoms with Crippen molar-refractivity contribution in [1.82, 2.24) is 5.32 Å². The van der Waals surface area contributed by atoms with Crippen molar-refractivity contribution in [3.05, 3.63) is 58.8 Å². The number of carbonyl (C=O) groups excluding carboxylic acids is 1. The van der Waals surface area contributed by atoms with Crippen LogP contribution < -0.4 is 14.8 Å². The first-order chi connectivity index (χ1) is 11.6. The summed E-state index contributed by atoms with van der Waals surface area (Å²) in [5, 5.41) is 4.19. The third-order valence-electron chi connectivity index (χ3n) is 3.63. The van der Waals surface area contributed by atoms with E-state index in [-0.39, 0.29) is 18.2 Å². The summed E-state index contributed by atoms with van der Waals surface area (Å²) in [6.07, 6.45) is 0. The number of hydrogen-bond acceptors (Lipinski definition) is 4. The van der Waals surface area contributed by atoms with Gasteiger partial charge >= 0.3 is 0 Å². The lowest BCUT2D eigenvalue weighted by Crippen LogP contribution is -2.22. The quantitative estimate of drug-likeness (QED) is 0.758. The molecule has 1 heterocycles. The molecule has 0 spiro atoms. The number of carbonyl (C=O) groups is 1. The van der Waals surface area contributed by atoms with E-state index in [0.717, 1.165) is 10.9 Å². The average Bonchev–Trinajstić information content (AvgIpc) is 3.04. The van der Waals surface area contributed by atoms with E-state index < -0.39 is 0 Å². The summed E-state index contributed by atoms with van der Waals surface area (Å²) < 4.78 is 16.1. The lowest BCUT2D eigenvalue weighted by molar-refractivity contribution is 0.0925. The molecule has 24 heavy (non-hydrogen) atoms. The fraction of sp³-hybridized carbons (Fsp3) is 0.167. The van der Waals surface area contributed by atoms with Crippen molar-refractivity contribution in [3.63, 3.8) is 0 Å². The molecule has 0 saturated carbocycles. The fourth-order valence-corrected chi connectivity index (χ4v) is 2.65. The summed E-state index contributed by atoms with van der Waals surface area (Å²) in [5.74, 6) is 1.14. The largest absolute Gasteiger partial charge is 0.496 e. The molecule has 0 aliphatic heterocycles. The van der Waals surface area contributed by atoms with Gasteiger partial charge in [-0.05, 0) is 30.3 Å². The Kier molecular flexibility index (Phi) is 4.62. The Morgan fingerprint density at radius 2 is 1.92 bits per heavy atom. The lowest BCUT2D eigenvalue weighted by atomic mass is 10.2. The molecule has 3 aromatic rings. The van der Waals surface area contributed by atoms with Crippen LogP contribution in [0.1, 0.15) is 16.1 Å². The van der Waals surface area contributed by atoms with Gasteiger partial charge in [0.1, 0.15) is 5.75 Å². The zero-order chi connectivity index (χ0) is 17.1. The van der Waals surface area contributed by atoms with Gasteiger partial charge in [-0.2, -0.15) is 0 Å². The Labute approximate surface area is 144 Å². The number of furan rings is 1. The zero-order valence-corrected chi connectivity index (χ0v) is 14.0. The van der Waals surface area contributed by atoms with Gasteiger partial charge in [0, 0.05) is 22.5 Å². The van der Waals surface area contributed by atoms with Crippen LogP contribution >= 0.6 is 11.6 Å². The molecule has 0 aliphatic rings. The SMILES string of the molecule is COc1ccc(Cl)cc1CNC(=O)c1cc2cccc(OC)c2o1. The molecule has 124 valence electrons. The van der Waals surface area contributed by atoms with Crippen LogP contribution in [-0.4, -0.2) is 20.1 Å². The topological polar surface area (TPSA) is 60.7 Å². The number of ether oxygens (including phenoxy) is 2. The number of nitrogens with one attached hydrogen (secondary N) is 1. The molecular weight excluding hydrogens is 330 g/mol. The number of rotatable bonds is 5. The third-order valence-corrected chi connectivity index (χ3v) is 3.87. The molecule has 0 fully saturated rings. The van der Waals surface area contributed by atoms with Crippen molar-refractivity contribution in [1.29, 1.82) is 0 Å². The minimum absolute atomic E-state index is 0.218. The van der Waals surface area contributed by atoms with E-state index in [1.54, 1.807) is 44.6 Å². The standard InChI is InChI=1S/C18H16ClNO4/c1-22-14-7-6-13(19)8-12(14)10-20-18(21)16-9-11-4-3-5-15(23-2)17(11)24-16/h3-9H,10H2,1-2H3,(H,20,21). The van der Waals surface area contributed by atoms with Gasteiger partial charge in [-0.1, -0.05) is 23.7 Å². The second-order valence-electron chi connectivity index (χ2n) is 5.13. The molecule has 1 N–H and O–H groups in total. The molecule has 5 nitrogen and oxygen atoms in total. The van der Waals surface area contributed by atoms with Crippen molar-refractivity contribution < 1.29 is 18.7 Å². The first-order valence-corrected chi connectivity index (χ1v) is 7.67. The van der Waals surface area contributed by atoms with Crippen molar-refractivity contribution in [2.45, 2.75) is 6.54 Å². The molecule has 0 unspecified atom stereocenters. The number of halogens is 1. The van der Waals surface area contributed by atoms with Crippen LogP contribution in [0.15, 0.2) is 46.9 Å². The van der Waals surface area contributed by atoms with E-state index in [0.29, 0.717) is 22.1 Å². The van der Waals surface area contributed by atoms with E-state index in [1.165, 1.54) is 0 Å². The molecule has 0 bridgehead atoms. The van der Waals surface area contributed by atoms with E-state index in [1.807, 2.05) is 12.1 Å². The lowest BCUT2D eigenvalue weighted by Gasteiger charge is -2.09. The molecule has 0 atom stereocenters. The number of benzene rings is 2. The molecule has 0 saturated heterocycles. The molecule has 1 amide bonds. The second-order valence-corrected chi connectivity index (χ2v) is 5.56. The minimum Gasteiger partial charge on any atom is -0.496 e. The van der Waals surface area contributed by atoms with Crippen LogP contribution in [0.5, 0.6) is 11.5 Å². The summed E-state index contributed by atoms with van der Waals surface area (Å²) in [4.78, 5) is 12.4. The Morgan fingerprint density at radius 3 is 2.67 bits per heavy atom. The Balaban J connectivity index is 1.79. The summed E-state index contributed by atoms with van der Waals surface area (Å²) in [7, 11) is 3.13. The molecular formula is C18H16ClNO4. The van der Waals surface area contributed by atoms with Crippen LogP contribution in [0.3, 0.4) is 0 Å². The van der Waals surface area contributed by atoms with Gasteiger partial charge < -0.3 is 19.2 Å². The van der Waals surface area contributed by atoms with Crippen LogP contribution in [0.4, 0.5) is 0 Å². The smallest absolute Gasteiger partial charge is 0.287 e. The van der Waals surface area contributed by atoms with Crippen molar-refractivity contribution in [2.75, 3.05) is 14.2 Å². The zero-order valence-electron chi connectivity index (χ0n) is 13.3. The molecule has 6 heteroatoms. The average molecular weight is 346 g/mol. The van der Waals surface area contributed by atoms with E-state index >= 15 is 0 Å². The van der Waals surface area contributed by atoms with Crippen molar-refractivity contribution in [2.24, 2.45) is 0 Å². The summed E-state index contributed by atoms with van der Waals surface area (Å²) in [5.41, 5.74) is 1.33. The van der Waals surface area contributed by atoms with Gasteiger partial charge in [0.15, 0.2) is 17.1 Å². The molecule has 3 rings (SSSR count). The predicted molar refractivity (Wildman–Crippen MR) is 91.9 cm³/mol. The minimum atomic E-state index is -0.324. The van der Waals surface area contributed by atoms with E-state index in [4.69, 9.17) is 25.5 Å². The van der Waals surface area contributed by atoms with Gasteiger partial charge in [0.25, 0.3) is 5.91 Å². The fourth-order valence-electron chi connectivity index (χ4n) is 2.46. The highest BCUT2D eigenvalue weighted by molar-refractivity contribution is 6.30. The van der Waals surface area contributed by atoms with E-state index in [9.17, 15) is 4.79 Å². The van der Waals surface area contributed by atoms with Crippen LogP contribution in [0, 0.1) is 0 Å². The predicted octanol–water partition coefficient (Wildman–Crippen LogP) is 4.03. The maximum Gasteiger partial charge on any atom is 0.287 e. The number of fused-ring (bicyclic) bond motifs is 1. The van der Waals surface area contributed by atoms with Crippen molar-refractivity contribution in [3.8, 4) is 11.5 Å². The highest BCUT2D eigenvalue weighted by atomic mass is 35.5. The summed E-state index contributed by atoms with van der Waals surface area (Å²) in [6, 6.07) is 12.4. The first kappa shape index (κ1) is 16.2. The Bertz CT molecular complexity index is 888. The molecule has 2 aromatic carbocycles. The number of methoxy groups -OCH3 is 2. The van der Waals surface area contributed by atoms with Gasteiger partial charge in [0.05, 0.1) is 14.2 Å².